The Morgan fingerprint density at radius 3 is 2.76 bits per heavy atom. The Kier molecular flexibility index (Phi) is 5.39. The molecule has 1 aliphatic rings. The van der Waals surface area contributed by atoms with Gasteiger partial charge in [0.2, 0.25) is 0 Å². The summed E-state index contributed by atoms with van der Waals surface area (Å²) < 4.78 is 10.9. The van der Waals surface area contributed by atoms with Crippen LogP contribution in [0.4, 0.5) is 0 Å². The zero-order valence-corrected chi connectivity index (χ0v) is 13.2. The molecular weight excluding hydrogens is 312 g/mol. The van der Waals surface area contributed by atoms with Gasteiger partial charge in [0.05, 0.1) is 23.8 Å². The quantitative estimate of drug-likeness (QED) is 0.851. The lowest BCUT2D eigenvalue weighted by Gasteiger charge is -2.29. The molecule has 0 aromatic heterocycles. The maximum Gasteiger partial charge on any atom is 0.263 e. The average Bonchev–Trinajstić information content (AvgIpc) is 2.47. The number of hydrogen-bond acceptors (Lipinski definition) is 4. The summed E-state index contributed by atoms with van der Waals surface area (Å²) in [5.41, 5.74) is 6.12. The Hall–Kier alpha value is -1.37. The zero-order chi connectivity index (χ0) is 15.4. The highest BCUT2D eigenvalue weighted by Gasteiger charge is 2.25. The Labute approximate surface area is 133 Å². The van der Waals surface area contributed by atoms with Gasteiger partial charge in [0.25, 0.3) is 5.91 Å². The van der Waals surface area contributed by atoms with Crippen molar-refractivity contribution in [2.45, 2.75) is 13.0 Å². The Morgan fingerprint density at radius 2 is 2.14 bits per heavy atom. The molecule has 114 valence electrons. The fourth-order valence-corrected chi connectivity index (χ4v) is 2.66. The van der Waals surface area contributed by atoms with E-state index in [9.17, 15) is 4.79 Å². The molecule has 0 saturated carbocycles. The van der Waals surface area contributed by atoms with Crippen LogP contribution >= 0.6 is 23.8 Å². The summed E-state index contributed by atoms with van der Waals surface area (Å²) in [6, 6.07) is 5.10. The van der Waals surface area contributed by atoms with Gasteiger partial charge in [-0.05, 0) is 19.1 Å². The lowest BCUT2D eigenvalue weighted by Crippen LogP contribution is -2.46. The first-order chi connectivity index (χ1) is 10.0. The molecule has 0 spiro atoms. The van der Waals surface area contributed by atoms with Gasteiger partial charge in [-0.1, -0.05) is 29.9 Å². The van der Waals surface area contributed by atoms with E-state index in [4.69, 9.17) is 39.0 Å². The Morgan fingerprint density at radius 1 is 1.48 bits per heavy atom. The van der Waals surface area contributed by atoms with Crippen LogP contribution in [0.2, 0.25) is 5.02 Å². The van der Waals surface area contributed by atoms with Crippen LogP contribution < -0.4 is 10.5 Å². The molecule has 1 aromatic rings. The second kappa shape index (κ2) is 7.06. The van der Waals surface area contributed by atoms with Crippen LogP contribution in [-0.2, 0) is 9.53 Å². The van der Waals surface area contributed by atoms with Crippen LogP contribution in [0.25, 0.3) is 0 Å². The SMILES string of the molecule is CC(Oc1cccc(Cl)c1C(N)=S)C(=O)N1CCOCC1. The summed E-state index contributed by atoms with van der Waals surface area (Å²) in [6.07, 6.45) is -0.644. The molecule has 7 heteroatoms. The van der Waals surface area contributed by atoms with Crippen molar-refractivity contribution < 1.29 is 14.3 Å². The van der Waals surface area contributed by atoms with Crippen molar-refractivity contribution in [1.29, 1.82) is 0 Å². The first-order valence-electron chi connectivity index (χ1n) is 6.62. The summed E-state index contributed by atoms with van der Waals surface area (Å²) >= 11 is 11.1. The van der Waals surface area contributed by atoms with Crippen molar-refractivity contribution in [2.24, 2.45) is 5.73 Å². The average molecular weight is 329 g/mol. The zero-order valence-electron chi connectivity index (χ0n) is 11.7. The van der Waals surface area contributed by atoms with E-state index in [1.54, 1.807) is 30.0 Å². The third-order valence-corrected chi connectivity index (χ3v) is 3.72. The molecule has 1 aromatic carbocycles. The van der Waals surface area contributed by atoms with Gasteiger partial charge in [0.15, 0.2) is 6.10 Å². The van der Waals surface area contributed by atoms with Gasteiger partial charge in [-0.25, -0.2) is 0 Å². The number of thiocarbonyl (C=S) groups is 1. The smallest absolute Gasteiger partial charge is 0.263 e. The minimum atomic E-state index is -0.644. The summed E-state index contributed by atoms with van der Waals surface area (Å²) in [4.78, 5) is 14.2. The molecule has 1 heterocycles. The van der Waals surface area contributed by atoms with Crippen molar-refractivity contribution >= 4 is 34.7 Å². The van der Waals surface area contributed by atoms with E-state index in [0.717, 1.165) is 0 Å². The van der Waals surface area contributed by atoms with E-state index >= 15 is 0 Å². The van der Waals surface area contributed by atoms with E-state index < -0.39 is 6.10 Å². The van der Waals surface area contributed by atoms with Crippen LogP contribution in [0.3, 0.4) is 0 Å². The van der Waals surface area contributed by atoms with Crippen molar-refractivity contribution in [2.75, 3.05) is 26.3 Å². The van der Waals surface area contributed by atoms with Crippen LogP contribution in [0.1, 0.15) is 12.5 Å². The molecule has 21 heavy (non-hydrogen) atoms. The normalized spacial score (nSPS) is 16.4. The number of carbonyl (C=O) groups excluding carboxylic acids is 1. The second-order valence-electron chi connectivity index (χ2n) is 4.67. The van der Waals surface area contributed by atoms with E-state index in [0.29, 0.717) is 42.6 Å². The van der Waals surface area contributed by atoms with Crippen LogP contribution in [0, 0.1) is 0 Å². The standard InChI is InChI=1S/C14H17ClN2O3S/c1-9(14(18)17-5-7-19-8-6-17)20-11-4-2-3-10(15)12(11)13(16)21/h2-4,9H,5-8H2,1H3,(H2,16,21). The molecule has 1 unspecified atom stereocenters. The molecule has 0 aliphatic carbocycles. The summed E-state index contributed by atoms with van der Waals surface area (Å²) in [5, 5.41) is 0.408. The number of nitrogens with zero attached hydrogens (tertiary/aromatic N) is 1. The fourth-order valence-electron chi connectivity index (χ4n) is 2.12. The summed E-state index contributed by atoms with van der Waals surface area (Å²) in [5.74, 6) is 0.330. The lowest BCUT2D eigenvalue weighted by molar-refractivity contribution is -0.142. The van der Waals surface area contributed by atoms with Crippen LogP contribution in [-0.4, -0.2) is 48.2 Å². The van der Waals surface area contributed by atoms with Gasteiger partial charge in [0, 0.05) is 13.1 Å². The lowest BCUT2D eigenvalue weighted by atomic mass is 10.2. The van der Waals surface area contributed by atoms with E-state index in [2.05, 4.69) is 0 Å². The maximum atomic E-state index is 12.3. The number of morpholine rings is 1. The van der Waals surface area contributed by atoms with Gasteiger partial charge < -0.3 is 20.1 Å². The number of nitrogens with two attached hydrogens (primary N) is 1. The first-order valence-corrected chi connectivity index (χ1v) is 7.41. The van der Waals surface area contributed by atoms with Gasteiger partial charge in [-0.3, -0.25) is 4.79 Å². The highest BCUT2D eigenvalue weighted by molar-refractivity contribution is 7.80. The number of benzene rings is 1. The highest BCUT2D eigenvalue weighted by Crippen LogP contribution is 2.27. The van der Waals surface area contributed by atoms with Crippen molar-refractivity contribution in [3.8, 4) is 5.75 Å². The van der Waals surface area contributed by atoms with Crippen molar-refractivity contribution in [3.63, 3.8) is 0 Å². The van der Waals surface area contributed by atoms with Gasteiger partial charge in [-0.15, -0.1) is 0 Å². The molecule has 1 fully saturated rings. The number of amides is 1. The minimum Gasteiger partial charge on any atom is -0.480 e. The van der Waals surface area contributed by atoms with Gasteiger partial charge in [0.1, 0.15) is 10.7 Å². The van der Waals surface area contributed by atoms with Crippen molar-refractivity contribution in [1.82, 2.24) is 4.90 Å². The largest absolute Gasteiger partial charge is 0.480 e. The third kappa shape index (κ3) is 3.84. The Balaban J connectivity index is 2.12. The minimum absolute atomic E-state index is 0.0906. The predicted molar refractivity (Wildman–Crippen MR) is 84.8 cm³/mol. The number of halogens is 1. The molecule has 2 N–H and O–H groups in total. The highest BCUT2D eigenvalue weighted by atomic mass is 35.5. The summed E-state index contributed by atoms with van der Waals surface area (Å²) in [6.45, 7) is 3.94. The molecule has 0 bridgehead atoms. The monoisotopic (exact) mass is 328 g/mol. The van der Waals surface area contributed by atoms with Crippen LogP contribution in [0.15, 0.2) is 18.2 Å². The van der Waals surface area contributed by atoms with Gasteiger partial charge in [-0.2, -0.15) is 0 Å². The molecule has 1 atom stereocenters. The molecule has 1 amide bonds. The predicted octanol–water partition coefficient (Wildman–Crippen LogP) is 1.60. The number of rotatable bonds is 4. The van der Waals surface area contributed by atoms with Crippen molar-refractivity contribution in [3.05, 3.63) is 28.8 Å². The van der Waals surface area contributed by atoms with Crippen LogP contribution in [0.5, 0.6) is 5.75 Å². The van der Waals surface area contributed by atoms with E-state index in [-0.39, 0.29) is 10.9 Å². The molecular formula is C14H17ClN2O3S. The fraction of sp³-hybridized carbons (Fsp3) is 0.429. The topological polar surface area (TPSA) is 64.8 Å². The molecule has 2 rings (SSSR count). The van der Waals surface area contributed by atoms with E-state index in [1.807, 2.05) is 0 Å². The second-order valence-corrected chi connectivity index (χ2v) is 5.52. The Bertz CT molecular complexity index is 547. The number of ether oxygens (including phenoxy) is 2. The first kappa shape index (κ1) is 16.0. The van der Waals surface area contributed by atoms with Gasteiger partial charge >= 0.3 is 0 Å². The third-order valence-electron chi connectivity index (χ3n) is 3.20. The van der Waals surface area contributed by atoms with E-state index in [1.165, 1.54) is 0 Å². The maximum absolute atomic E-state index is 12.3. The molecule has 1 saturated heterocycles. The number of hydrogen-bond donors (Lipinski definition) is 1. The molecule has 5 nitrogen and oxygen atoms in total. The molecule has 0 radical (unpaired) electrons. The summed E-state index contributed by atoms with van der Waals surface area (Å²) in [7, 11) is 0. The molecule has 1 aliphatic heterocycles. The number of carbonyl (C=O) groups is 1.